The summed E-state index contributed by atoms with van der Waals surface area (Å²) in [6, 6.07) is 1.78. The summed E-state index contributed by atoms with van der Waals surface area (Å²) in [5.41, 5.74) is 1.04. The number of hydrogen-bond donors (Lipinski definition) is 2. The van der Waals surface area contributed by atoms with Gasteiger partial charge >= 0.3 is 0 Å². The summed E-state index contributed by atoms with van der Waals surface area (Å²) >= 11 is 3.20. The molecule has 0 aromatic carbocycles. The number of sulfonamides is 1. The fourth-order valence-electron chi connectivity index (χ4n) is 2.04. The number of nitrogens with one attached hydrogen (secondary N) is 2. The van der Waals surface area contributed by atoms with E-state index < -0.39 is 10.0 Å². The van der Waals surface area contributed by atoms with E-state index in [0.717, 1.165) is 43.0 Å². The Labute approximate surface area is 129 Å². The van der Waals surface area contributed by atoms with Crippen molar-refractivity contribution in [3.05, 3.63) is 17.0 Å². The molecule has 0 bridgehead atoms. The van der Waals surface area contributed by atoms with Crippen LogP contribution in [0.1, 0.15) is 25.3 Å². The zero-order chi connectivity index (χ0) is 14.4. The first kappa shape index (κ1) is 16.3. The highest BCUT2D eigenvalue weighted by molar-refractivity contribution is 7.99. The van der Waals surface area contributed by atoms with Crippen LogP contribution in [0.4, 0.5) is 0 Å². The van der Waals surface area contributed by atoms with Crippen molar-refractivity contribution in [2.75, 3.05) is 24.6 Å². The SMILES string of the molecule is CCCNCc1csc(S(=O)(=O)NCC2CCSC2)c1. The normalized spacial score (nSPS) is 19.6. The van der Waals surface area contributed by atoms with Gasteiger partial charge in [-0.3, -0.25) is 0 Å². The lowest BCUT2D eigenvalue weighted by atomic mass is 10.1. The molecule has 1 aromatic rings. The Hall–Kier alpha value is -0.0800. The van der Waals surface area contributed by atoms with Gasteiger partial charge in [0.05, 0.1) is 0 Å². The zero-order valence-corrected chi connectivity index (χ0v) is 14.2. The Kier molecular flexibility index (Phi) is 6.35. The van der Waals surface area contributed by atoms with Crippen LogP contribution < -0.4 is 10.0 Å². The van der Waals surface area contributed by atoms with E-state index in [4.69, 9.17) is 0 Å². The van der Waals surface area contributed by atoms with Crippen LogP contribution in [-0.2, 0) is 16.6 Å². The monoisotopic (exact) mass is 334 g/mol. The summed E-state index contributed by atoms with van der Waals surface area (Å²) in [5.74, 6) is 2.71. The van der Waals surface area contributed by atoms with Gasteiger partial charge in [-0.05, 0) is 53.8 Å². The predicted octanol–water partition coefficient (Wildman–Crippen LogP) is 2.28. The first-order valence-electron chi connectivity index (χ1n) is 6.97. The van der Waals surface area contributed by atoms with Crippen molar-refractivity contribution in [1.29, 1.82) is 0 Å². The molecule has 1 fully saturated rings. The Morgan fingerprint density at radius 1 is 1.45 bits per heavy atom. The molecule has 20 heavy (non-hydrogen) atoms. The molecule has 0 amide bonds. The van der Waals surface area contributed by atoms with Crippen molar-refractivity contribution in [3.8, 4) is 0 Å². The van der Waals surface area contributed by atoms with Gasteiger partial charge in [0.1, 0.15) is 4.21 Å². The first-order valence-corrected chi connectivity index (χ1v) is 10.5. The molecule has 7 heteroatoms. The molecule has 0 radical (unpaired) electrons. The van der Waals surface area contributed by atoms with Crippen molar-refractivity contribution >= 4 is 33.1 Å². The summed E-state index contributed by atoms with van der Waals surface area (Å²) in [7, 11) is -3.33. The van der Waals surface area contributed by atoms with Crippen molar-refractivity contribution < 1.29 is 8.42 Å². The minimum Gasteiger partial charge on any atom is -0.313 e. The molecule has 2 rings (SSSR count). The van der Waals surface area contributed by atoms with Crippen LogP contribution in [0.3, 0.4) is 0 Å². The van der Waals surface area contributed by atoms with Crippen LogP contribution in [-0.4, -0.2) is 33.0 Å². The standard InChI is InChI=1S/C13H22N2O2S3/c1-2-4-14-7-12-6-13(19-10-12)20(16,17)15-8-11-3-5-18-9-11/h6,10-11,14-15H,2-5,7-9H2,1H3. The Morgan fingerprint density at radius 2 is 2.30 bits per heavy atom. The zero-order valence-electron chi connectivity index (χ0n) is 11.7. The number of hydrogen-bond acceptors (Lipinski definition) is 5. The van der Waals surface area contributed by atoms with E-state index in [1.807, 2.05) is 17.1 Å². The van der Waals surface area contributed by atoms with E-state index in [2.05, 4.69) is 17.0 Å². The highest BCUT2D eigenvalue weighted by Gasteiger charge is 2.21. The molecular weight excluding hydrogens is 312 g/mol. The highest BCUT2D eigenvalue weighted by Crippen LogP contribution is 2.24. The van der Waals surface area contributed by atoms with Gasteiger partial charge < -0.3 is 5.32 Å². The fraction of sp³-hybridized carbons (Fsp3) is 0.692. The highest BCUT2D eigenvalue weighted by atomic mass is 32.2. The van der Waals surface area contributed by atoms with E-state index in [0.29, 0.717) is 16.7 Å². The maximum Gasteiger partial charge on any atom is 0.250 e. The average molecular weight is 335 g/mol. The average Bonchev–Trinajstić information content (AvgIpc) is 3.08. The molecule has 1 atom stereocenters. The molecule has 2 N–H and O–H groups in total. The third-order valence-corrected chi connectivity index (χ3v) is 7.38. The number of thioether (sulfide) groups is 1. The molecule has 114 valence electrons. The minimum absolute atomic E-state index is 0.427. The molecule has 0 spiro atoms. The summed E-state index contributed by atoms with van der Waals surface area (Å²) in [6.45, 7) is 4.37. The van der Waals surface area contributed by atoms with Gasteiger partial charge in [-0.1, -0.05) is 6.92 Å². The molecule has 1 aromatic heterocycles. The van der Waals surface area contributed by atoms with E-state index in [-0.39, 0.29) is 0 Å². The van der Waals surface area contributed by atoms with Gasteiger partial charge in [0.25, 0.3) is 0 Å². The molecule has 4 nitrogen and oxygen atoms in total. The topological polar surface area (TPSA) is 58.2 Å². The van der Waals surface area contributed by atoms with E-state index in [1.165, 1.54) is 11.3 Å². The van der Waals surface area contributed by atoms with Gasteiger partial charge in [0.15, 0.2) is 0 Å². The van der Waals surface area contributed by atoms with Gasteiger partial charge in [0.2, 0.25) is 10.0 Å². The predicted molar refractivity (Wildman–Crippen MR) is 86.9 cm³/mol. The second-order valence-electron chi connectivity index (χ2n) is 5.03. The first-order chi connectivity index (χ1) is 9.62. The van der Waals surface area contributed by atoms with Crippen molar-refractivity contribution in [2.45, 2.75) is 30.5 Å². The number of rotatable bonds is 8. The number of thiophene rings is 1. The second kappa shape index (κ2) is 7.79. The molecular formula is C13H22N2O2S3. The Bertz CT molecular complexity index is 507. The molecule has 2 heterocycles. The van der Waals surface area contributed by atoms with Crippen LogP contribution in [0.5, 0.6) is 0 Å². The smallest absolute Gasteiger partial charge is 0.250 e. The van der Waals surface area contributed by atoms with E-state index >= 15 is 0 Å². The lowest BCUT2D eigenvalue weighted by Crippen LogP contribution is -2.28. The molecule has 0 saturated carbocycles. The summed E-state index contributed by atoms with van der Waals surface area (Å²) in [6.07, 6.45) is 2.19. The maximum absolute atomic E-state index is 12.2. The third-order valence-electron chi connectivity index (χ3n) is 3.24. The van der Waals surface area contributed by atoms with Crippen LogP contribution in [0.15, 0.2) is 15.7 Å². The molecule has 1 saturated heterocycles. The largest absolute Gasteiger partial charge is 0.313 e. The van der Waals surface area contributed by atoms with Gasteiger partial charge in [-0.15, -0.1) is 11.3 Å². The third kappa shape index (κ3) is 4.73. The van der Waals surface area contributed by atoms with Crippen molar-refractivity contribution in [1.82, 2.24) is 10.0 Å². The minimum atomic E-state index is -3.33. The Balaban J connectivity index is 1.88. The van der Waals surface area contributed by atoms with E-state index in [1.54, 1.807) is 6.07 Å². The molecule has 1 aliphatic heterocycles. The fourth-order valence-corrected chi connectivity index (χ4v) is 5.69. The van der Waals surface area contributed by atoms with Crippen LogP contribution in [0.2, 0.25) is 0 Å². The van der Waals surface area contributed by atoms with E-state index in [9.17, 15) is 8.42 Å². The maximum atomic E-state index is 12.2. The van der Waals surface area contributed by atoms with Gasteiger partial charge in [0, 0.05) is 13.1 Å². The Morgan fingerprint density at radius 3 is 3.00 bits per heavy atom. The van der Waals surface area contributed by atoms with Gasteiger partial charge in [-0.2, -0.15) is 11.8 Å². The van der Waals surface area contributed by atoms with Crippen molar-refractivity contribution in [3.63, 3.8) is 0 Å². The lowest BCUT2D eigenvalue weighted by molar-refractivity contribution is 0.547. The van der Waals surface area contributed by atoms with Crippen LogP contribution in [0.25, 0.3) is 0 Å². The van der Waals surface area contributed by atoms with Crippen LogP contribution >= 0.6 is 23.1 Å². The summed E-state index contributed by atoms with van der Waals surface area (Å²) in [4.78, 5) is 0. The summed E-state index contributed by atoms with van der Waals surface area (Å²) < 4.78 is 27.6. The summed E-state index contributed by atoms with van der Waals surface area (Å²) in [5, 5.41) is 5.20. The lowest BCUT2D eigenvalue weighted by Gasteiger charge is -2.09. The molecule has 1 unspecified atom stereocenters. The van der Waals surface area contributed by atoms with Crippen LogP contribution in [0, 0.1) is 5.92 Å². The molecule has 1 aliphatic rings. The molecule has 0 aliphatic carbocycles. The second-order valence-corrected chi connectivity index (χ2v) is 9.09. The van der Waals surface area contributed by atoms with Gasteiger partial charge in [-0.25, -0.2) is 13.1 Å². The van der Waals surface area contributed by atoms with Crippen molar-refractivity contribution in [2.24, 2.45) is 5.92 Å². The quantitative estimate of drug-likeness (QED) is 0.716.